The summed E-state index contributed by atoms with van der Waals surface area (Å²) in [6.07, 6.45) is 35.1. The molecule has 0 aromatic rings. The molecule has 15 aliphatic rings. The number of rotatable bonds is 6. The third-order valence-electron chi connectivity index (χ3n) is 24.4. The first-order chi connectivity index (χ1) is 41.2. The molecule has 10 atom stereocenters. The van der Waals surface area contributed by atoms with Gasteiger partial charge in [0.1, 0.15) is 0 Å². The molecule has 7 N–H and O–H groups in total. The molecule has 85 heavy (non-hydrogen) atoms. The van der Waals surface area contributed by atoms with Crippen LogP contribution in [0.4, 0.5) is 0 Å². The van der Waals surface area contributed by atoms with Gasteiger partial charge in [-0.2, -0.15) is 0 Å². The Kier molecular flexibility index (Phi) is 30.3. The third kappa shape index (κ3) is 22.0. The fraction of sp³-hybridized carbons (Fsp3) is 1.00. The molecule has 6 aliphatic carbocycles. The lowest BCUT2D eigenvalue weighted by molar-refractivity contribution is 0.0383. The average molecular weight is 1200 g/mol. The van der Waals surface area contributed by atoms with Gasteiger partial charge < -0.3 is 65.6 Å². The molecular formula is C70H136N10O5. The normalized spacial score (nSPS) is 40.8. The summed E-state index contributed by atoms with van der Waals surface area (Å²) < 4.78 is 0. The Labute approximate surface area is 521 Å². The van der Waals surface area contributed by atoms with E-state index in [9.17, 15) is 0 Å². The lowest BCUT2D eigenvalue weighted by Gasteiger charge is -2.47. The maximum absolute atomic E-state index is 8.58. The smallest absolute Gasteiger partial charge is 0.0572 e. The fourth-order valence-electron chi connectivity index (χ4n) is 19.3. The largest absolute Gasteiger partial charge is 0.396 e. The Morgan fingerprint density at radius 2 is 0.565 bits per heavy atom. The molecule has 0 aromatic carbocycles. The van der Waals surface area contributed by atoms with E-state index in [0.29, 0.717) is 50.1 Å². The van der Waals surface area contributed by atoms with E-state index in [1.54, 1.807) is 12.8 Å². The number of fused-ring (bicyclic) bond motifs is 7. The zero-order valence-electron chi connectivity index (χ0n) is 56.0. The van der Waals surface area contributed by atoms with Crippen LogP contribution in [0.1, 0.15) is 161 Å². The van der Waals surface area contributed by atoms with E-state index >= 15 is 0 Å². The topological polar surface area (TPSA) is 151 Å². The van der Waals surface area contributed by atoms with Gasteiger partial charge in [0.15, 0.2) is 0 Å². The van der Waals surface area contributed by atoms with Gasteiger partial charge in [0.25, 0.3) is 0 Å². The second kappa shape index (κ2) is 36.6. The molecule has 9 saturated heterocycles. The summed E-state index contributed by atoms with van der Waals surface area (Å²) >= 11 is 0. The van der Waals surface area contributed by atoms with Crippen molar-refractivity contribution in [2.24, 2.45) is 82.9 Å². The van der Waals surface area contributed by atoms with Crippen molar-refractivity contribution in [3.8, 4) is 0 Å². The first-order valence-electron chi connectivity index (χ1n) is 36.3. The van der Waals surface area contributed by atoms with Gasteiger partial charge in [-0.1, -0.05) is 51.4 Å². The summed E-state index contributed by atoms with van der Waals surface area (Å²) in [5.74, 6) is 12.1. The Balaban J connectivity index is 0.000000128. The molecule has 9 heterocycles. The monoisotopic (exact) mass is 1200 g/mol. The highest BCUT2D eigenvalue weighted by Crippen LogP contribution is 2.42. The van der Waals surface area contributed by atoms with Crippen molar-refractivity contribution >= 4 is 0 Å². The molecule has 0 radical (unpaired) electrons. The van der Waals surface area contributed by atoms with Crippen LogP contribution in [-0.4, -0.2) is 270 Å². The summed E-state index contributed by atoms with van der Waals surface area (Å²) in [5, 5.41) is 54.9. The van der Waals surface area contributed by atoms with E-state index in [2.05, 4.69) is 99.4 Å². The van der Waals surface area contributed by atoms with Gasteiger partial charge in [-0.15, -0.1) is 0 Å². The van der Waals surface area contributed by atoms with Gasteiger partial charge in [0, 0.05) is 143 Å². The van der Waals surface area contributed by atoms with Crippen LogP contribution in [0.5, 0.6) is 0 Å². The number of hydrazine groups is 1. The highest BCUT2D eigenvalue weighted by Gasteiger charge is 2.41. The Morgan fingerprint density at radius 1 is 0.282 bits per heavy atom. The third-order valence-corrected chi connectivity index (χ3v) is 24.4. The van der Waals surface area contributed by atoms with Crippen LogP contribution in [-0.2, 0) is 0 Å². The van der Waals surface area contributed by atoms with Crippen molar-refractivity contribution in [3.05, 3.63) is 0 Å². The van der Waals surface area contributed by atoms with Gasteiger partial charge in [-0.25, -0.2) is 10.0 Å². The molecule has 15 fully saturated rings. The van der Waals surface area contributed by atoms with Crippen LogP contribution in [0.15, 0.2) is 0 Å². The molecular weight excluding hydrogens is 1060 g/mol. The molecule has 0 amide bonds. The predicted molar refractivity (Wildman–Crippen MR) is 350 cm³/mol. The number of hydrogen-bond donors (Lipinski definition) is 7. The Morgan fingerprint density at radius 3 is 0.824 bits per heavy atom. The number of aliphatic hydroxyl groups excluding tert-OH is 5. The van der Waals surface area contributed by atoms with E-state index in [1.807, 2.05) is 0 Å². The minimum atomic E-state index is 0.268. The van der Waals surface area contributed by atoms with Crippen LogP contribution in [0.2, 0.25) is 0 Å². The number of nitrogens with zero attached hydrogens (tertiary/aromatic N) is 8. The molecule has 10 unspecified atom stereocenters. The maximum Gasteiger partial charge on any atom is 0.0572 e. The van der Waals surface area contributed by atoms with Crippen LogP contribution >= 0.6 is 0 Å². The maximum atomic E-state index is 8.58. The van der Waals surface area contributed by atoms with Gasteiger partial charge in [0.2, 0.25) is 0 Å². The predicted octanol–water partition coefficient (Wildman–Crippen LogP) is 6.83. The number of aliphatic hydroxyl groups is 5. The van der Waals surface area contributed by atoms with E-state index < -0.39 is 0 Å². The Bertz CT molecular complexity index is 1530. The summed E-state index contributed by atoms with van der Waals surface area (Å²) in [6, 6.07) is 3.62. The number of hydrogen-bond acceptors (Lipinski definition) is 15. The fourth-order valence-corrected chi connectivity index (χ4v) is 19.3. The van der Waals surface area contributed by atoms with Crippen LogP contribution in [0, 0.1) is 82.9 Å². The summed E-state index contributed by atoms with van der Waals surface area (Å²) in [6.45, 7) is 20.5. The van der Waals surface area contributed by atoms with Crippen LogP contribution in [0.3, 0.4) is 0 Å². The lowest BCUT2D eigenvalue weighted by atomic mass is 9.69. The van der Waals surface area contributed by atoms with Gasteiger partial charge in [0.05, 0.1) is 6.61 Å². The molecule has 0 aromatic heterocycles. The zero-order valence-corrected chi connectivity index (χ0v) is 56.0. The van der Waals surface area contributed by atoms with Crippen molar-refractivity contribution in [3.63, 3.8) is 0 Å². The van der Waals surface area contributed by atoms with E-state index in [-0.39, 0.29) is 6.61 Å². The van der Waals surface area contributed by atoms with Crippen molar-refractivity contribution < 1.29 is 25.5 Å². The molecule has 15 heteroatoms. The minimum absolute atomic E-state index is 0.268. The quantitative estimate of drug-likeness (QED) is 0.149. The average Bonchev–Trinajstić information content (AvgIpc) is 4.53. The van der Waals surface area contributed by atoms with Crippen molar-refractivity contribution in [2.45, 2.75) is 185 Å². The minimum Gasteiger partial charge on any atom is -0.396 e. The molecule has 0 bridgehead atoms. The lowest BCUT2D eigenvalue weighted by Crippen LogP contribution is -2.54. The van der Waals surface area contributed by atoms with Crippen molar-refractivity contribution in [1.29, 1.82) is 0 Å². The van der Waals surface area contributed by atoms with E-state index in [0.717, 1.165) is 129 Å². The zero-order chi connectivity index (χ0) is 60.2. The summed E-state index contributed by atoms with van der Waals surface area (Å²) in [5.41, 5.74) is 0. The van der Waals surface area contributed by atoms with Gasteiger partial charge in [-0.3, -0.25) is 0 Å². The van der Waals surface area contributed by atoms with Crippen molar-refractivity contribution in [1.82, 2.24) is 50.1 Å². The molecule has 496 valence electrons. The van der Waals surface area contributed by atoms with E-state index in [1.165, 1.54) is 201 Å². The number of nitrogens with one attached hydrogen (secondary N) is 2. The standard InChI is InChI=1S/2C13H23N.C10H20N2.2C8H16N2.C6H14N2O.2C6H12O2/c2*1-3-7-12-10(5-1)9-11-6-2-4-8-13(11)14-12;1-11-5-3-10-8-12(2)6-4-9(10)7-11;2*1-9-3-7-5-10(2)6-8(7)4-9;1-7-3-2-4-8(7)5-6-9;2*7-3-5-1-6(2-5)4-8/h2*10-14H,1-9H2;9-10H,3-8H2,1-2H3;2*7-8H,3-6H2,1-2H3;9H,2-6H2,1H3;2*5-8H,1-4H2. The molecule has 9 aliphatic heterocycles. The number of piperidine rings is 4. The second-order valence-electron chi connectivity index (χ2n) is 31.5. The van der Waals surface area contributed by atoms with Crippen LogP contribution in [0.25, 0.3) is 0 Å². The molecule has 0 spiro atoms. The van der Waals surface area contributed by atoms with E-state index in [4.69, 9.17) is 25.5 Å². The highest BCUT2D eigenvalue weighted by atomic mass is 16.3. The SMILES string of the molecule is C1CCC2NC3CCCCC3CC2C1.C1CCC2NC3CCCCC3CC2C1.CN1CC2CN(C)CC2C1.CN1CC2CN(C)CC2C1.CN1CCC2CN(C)CCC2C1.CN1CCCN1CCO.OCC1CC(CO)C1.OCC1CC(CO)C1. The summed E-state index contributed by atoms with van der Waals surface area (Å²) in [7, 11) is 15.5. The van der Waals surface area contributed by atoms with Crippen molar-refractivity contribution in [2.75, 3.05) is 181 Å². The summed E-state index contributed by atoms with van der Waals surface area (Å²) in [4.78, 5) is 14.8. The molecule has 15 nitrogen and oxygen atoms in total. The number of β-amino-alcohol motifs (C(OH)–C–C–N with tert-alkyl or cyclic N) is 1. The molecule has 6 saturated carbocycles. The van der Waals surface area contributed by atoms with Gasteiger partial charge >= 0.3 is 0 Å². The van der Waals surface area contributed by atoms with Crippen LogP contribution < -0.4 is 10.6 Å². The second-order valence-corrected chi connectivity index (χ2v) is 31.5. The first kappa shape index (κ1) is 70.3. The number of likely N-dealkylation sites (tertiary alicyclic amines) is 6. The highest BCUT2D eigenvalue weighted by molar-refractivity contribution is 4.97. The first-order valence-corrected chi connectivity index (χ1v) is 36.3. The van der Waals surface area contributed by atoms with Gasteiger partial charge in [-0.05, 0) is 247 Å². The molecule has 15 rings (SSSR count). The Hall–Kier alpha value is -0.600.